The number of aryl methyl sites for hydroxylation is 2. The van der Waals surface area contributed by atoms with Crippen molar-refractivity contribution in [2.24, 2.45) is 0 Å². The molecule has 0 radical (unpaired) electrons. The summed E-state index contributed by atoms with van der Waals surface area (Å²) >= 11 is 1.26. The molecule has 0 aliphatic rings. The molecule has 4 aromatic rings. The van der Waals surface area contributed by atoms with Gasteiger partial charge < -0.3 is 10.1 Å². The molecule has 0 aliphatic heterocycles. The Balaban J connectivity index is 1.54. The Labute approximate surface area is 203 Å². The number of ether oxygens (including phenoxy) is 1. The standard InChI is InChI=1S/C27H27N3O3S/c1-18-12-13-23(19(2)16-18)30-26(32)21-9-5-6-10-22(21)29-27(30)34-17-25(31)28-15-14-20-8-4-7-11-24(20)33-3/h4-13,16H,14-15,17H2,1-3H3,(H,28,31). The first-order valence-electron chi connectivity index (χ1n) is 11.1. The largest absolute Gasteiger partial charge is 0.496 e. The van der Waals surface area contributed by atoms with E-state index in [-0.39, 0.29) is 17.2 Å². The number of para-hydroxylation sites is 2. The molecule has 0 unspecified atom stereocenters. The van der Waals surface area contributed by atoms with Crippen molar-refractivity contribution in [3.63, 3.8) is 0 Å². The maximum absolute atomic E-state index is 13.4. The van der Waals surface area contributed by atoms with Gasteiger partial charge in [0.2, 0.25) is 5.91 Å². The van der Waals surface area contributed by atoms with Crippen LogP contribution >= 0.6 is 11.8 Å². The highest BCUT2D eigenvalue weighted by Gasteiger charge is 2.16. The fraction of sp³-hybridized carbons (Fsp3) is 0.222. The van der Waals surface area contributed by atoms with Gasteiger partial charge in [-0.25, -0.2) is 4.98 Å². The molecule has 34 heavy (non-hydrogen) atoms. The van der Waals surface area contributed by atoms with E-state index in [4.69, 9.17) is 9.72 Å². The second-order valence-electron chi connectivity index (χ2n) is 8.04. The lowest BCUT2D eigenvalue weighted by Crippen LogP contribution is -2.28. The van der Waals surface area contributed by atoms with Gasteiger partial charge in [0.1, 0.15) is 5.75 Å². The van der Waals surface area contributed by atoms with Gasteiger partial charge >= 0.3 is 0 Å². The van der Waals surface area contributed by atoms with Gasteiger partial charge in [-0.15, -0.1) is 0 Å². The van der Waals surface area contributed by atoms with E-state index in [9.17, 15) is 9.59 Å². The first kappa shape index (κ1) is 23.6. The third-order valence-corrected chi connectivity index (χ3v) is 6.52. The van der Waals surface area contributed by atoms with E-state index in [0.717, 1.165) is 28.1 Å². The molecule has 0 saturated carbocycles. The summed E-state index contributed by atoms with van der Waals surface area (Å²) in [6.07, 6.45) is 0.669. The van der Waals surface area contributed by atoms with Crippen LogP contribution in [-0.2, 0) is 11.2 Å². The first-order valence-corrected chi connectivity index (χ1v) is 12.1. The lowest BCUT2D eigenvalue weighted by atomic mass is 10.1. The first-order chi connectivity index (χ1) is 16.5. The molecule has 4 rings (SSSR count). The van der Waals surface area contributed by atoms with E-state index < -0.39 is 0 Å². The zero-order valence-corrected chi connectivity index (χ0v) is 20.3. The number of rotatable bonds is 8. The predicted molar refractivity (Wildman–Crippen MR) is 137 cm³/mol. The number of fused-ring (bicyclic) bond motifs is 1. The van der Waals surface area contributed by atoms with E-state index >= 15 is 0 Å². The van der Waals surface area contributed by atoms with Crippen molar-refractivity contribution in [3.8, 4) is 11.4 Å². The molecule has 6 nitrogen and oxygen atoms in total. The number of hydrogen-bond donors (Lipinski definition) is 1. The van der Waals surface area contributed by atoms with Crippen LogP contribution in [0.15, 0.2) is 76.7 Å². The van der Waals surface area contributed by atoms with Crippen LogP contribution in [0.25, 0.3) is 16.6 Å². The van der Waals surface area contributed by atoms with Gasteiger partial charge in [-0.1, -0.05) is 59.8 Å². The molecule has 1 N–H and O–H groups in total. The monoisotopic (exact) mass is 473 g/mol. The van der Waals surface area contributed by atoms with Crippen LogP contribution in [-0.4, -0.2) is 34.9 Å². The Kier molecular flexibility index (Phi) is 7.33. The minimum absolute atomic E-state index is 0.116. The van der Waals surface area contributed by atoms with Crippen molar-refractivity contribution < 1.29 is 9.53 Å². The number of aromatic nitrogens is 2. The number of carbonyl (C=O) groups excluding carboxylic acids is 1. The van der Waals surface area contributed by atoms with Crippen LogP contribution in [0.3, 0.4) is 0 Å². The number of methoxy groups -OCH3 is 1. The number of benzene rings is 3. The van der Waals surface area contributed by atoms with Crippen LogP contribution in [0.4, 0.5) is 0 Å². The predicted octanol–water partition coefficient (Wildman–Crippen LogP) is 4.46. The van der Waals surface area contributed by atoms with Crippen molar-refractivity contribution in [2.45, 2.75) is 25.4 Å². The van der Waals surface area contributed by atoms with E-state index in [1.54, 1.807) is 17.7 Å². The number of amides is 1. The molecular weight excluding hydrogens is 446 g/mol. The minimum atomic E-state index is -0.142. The van der Waals surface area contributed by atoms with Crippen molar-refractivity contribution in [3.05, 3.63) is 93.8 Å². The molecule has 0 saturated heterocycles. The van der Waals surface area contributed by atoms with Gasteiger partial charge in [0.05, 0.1) is 29.5 Å². The Morgan fingerprint density at radius 2 is 1.82 bits per heavy atom. The number of nitrogens with zero attached hydrogens (tertiary/aromatic N) is 2. The van der Waals surface area contributed by atoms with Crippen LogP contribution in [0.5, 0.6) is 5.75 Å². The molecule has 0 bridgehead atoms. The third-order valence-electron chi connectivity index (χ3n) is 5.58. The average molecular weight is 474 g/mol. The van der Waals surface area contributed by atoms with Gasteiger partial charge in [0, 0.05) is 6.54 Å². The van der Waals surface area contributed by atoms with E-state index in [0.29, 0.717) is 29.0 Å². The lowest BCUT2D eigenvalue weighted by molar-refractivity contribution is -0.118. The van der Waals surface area contributed by atoms with Gasteiger partial charge in [-0.2, -0.15) is 0 Å². The molecule has 0 atom stereocenters. The van der Waals surface area contributed by atoms with Gasteiger partial charge in [-0.05, 0) is 55.7 Å². The van der Waals surface area contributed by atoms with Crippen LogP contribution in [0.1, 0.15) is 16.7 Å². The molecule has 1 amide bonds. The van der Waals surface area contributed by atoms with Gasteiger partial charge in [0.25, 0.3) is 5.56 Å². The Morgan fingerprint density at radius 3 is 2.62 bits per heavy atom. The minimum Gasteiger partial charge on any atom is -0.496 e. The summed E-state index contributed by atoms with van der Waals surface area (Å²) in [6, 6.07) is 21.0. The number of thioether (sulfide) groups is 1. The topological polar surface area (TPSA) is 73.2 Å². The molecule has 1 aromatic heterocycles. The van der Waals surface area contributed by atoms with E-state index in [2.05, 4.69) is 5.32 Å². The second-order valence-corrected chi connectivity index (χ2v) is 8.99. The highest BCUT2D eigenvalue weighted by Crippen LogP contribution is 2.24. The summed E-state index contributed by atoms with van der Waals surface area (Å²) < 4.78 is 6.98. The summed E-state index contributed by atoms with van der Waals surface area (Å²) in [5, 5.41) is 4.00. The highest BCUT2D eigenvalue weighted by atomic mass is 32.2. The fourth-order valence-electron chi connectivity index (χ4n) is 3.91. The summed E-state index contributed by atoms with van der Waals surface area (Å²) in [5.41, 5.74) is 4.38. The maximum atomic E-state index is 13.4. The van der Waals surface area contributed by atoms with Crippen molar-refractivity contribution >= 4 is 28.6 Å². The number of carbonyl (C=O) groups is 1. The van der Waals surface area contributed by atoms with Gasteiger partial charge in [0.15, 0.2) is 5.16 Å². The summed E-state index contributed by atoms with van der Waals surface area (Å²) in [5.74, 6) is 0.847. The van der Waals surface area contributed by atoms with Crippen molar-refractivity contribution in [1.82, 2.24) is 14.9 Å². The molecule has 174 valence electrons. The van der Waals surface area contributed by atoms with E-state index in [1.807, 2.05) is 74.5 Å². The molecule has 3 aromatic carbocycles. The number of nitrogens with one attached hydrogen (secondary N) is 1. The molecule has 0 fully saturated rings. The average Bonchev–Trinajstić information content (AvgIpc) is 2.84. The van der Waals surface area contributed by atoms with Crippen molar-refractivity contribution in [2.75, 3.05) is 19.4 Å². The van der Waals surface area contributed by atoms with Crippen LogP contribution in [0.2, 0.25) is 0 Å². The Hall–Kier alpha value is -3.58. The lowest BCUT2D eigenvalue weighted by Gasteiger charge is -2.15. The fourth-order valence-corrected chi connectivity index (χ4v) is 4.74. The summed E-state index contributed by atoms with van der Waals surface area (Å²) in [6.45, 7) is 4.49. The second kappa shape index (κ2) is 10.6. The Morgan fingerprint density at radius 1 is 1.06 bits per heavy atom. The number of hydrogen-bond acceptors (Lipinski definition) is 5. The normalized spacial score (nSPS) is 10.9. The highest BCUT2D eigenvalue weighted by molar-refractivity contribution is 7.99. The SMILES string of the molecule is COc1ccccc1CCNC(=O)CSc1nc2ccccc2c(=O)n1-c1ccc(C)cc1C. The molecule has 1 heterocycles. The maximum Gasteiger partial charge on any atom is 0.266 e. The smallest absolute Gasteiger partial charge is 0.266 e. The zero-order chi connectivity index (χ0) is 24.1. The van der Waals surface area contributed by atoms with Gasteiger partial charge in [-0.3, -0.25) is 14.2 Å². The molecule has 0 spiro atoms. The van der Waals surface area contributed by atoms with Crippen molar-refractivity contribution in [1.29, 1.82) is 0 Å². The molecule has 7 heteroatoms. The van der Waals surface area contributed by atoms with Crippen LogP contribution in [0, 0.1) is 13.8 Å². The molecule has 0 aliphatic carbocycles. The third kappa shape index (κ3) is 5.15. The van der Waals surface area contributed by atoms with Crippen LogP contribution < -0.4 is 15.6 Å². The summed E-state index contributed by atoms with van der Waals surface area (Å²) in [7, 11) is 1.64. The summed E-state index contributed by atoms with van der Waals surface area (Å²) in [4.78, 5) is 30.7. The Bertz CT molecular complexity index is 1400. The quantitative estimate of drug-likeness (QED) is 0.302. The van der Waals surface area contributed by atoms with E-state index in [1.165, 1.54) is 11.8 Å². The molecular formula is C27H27N3O3S. The zero-order valence-electron chi connectivity index (χ0n) is 19.5.